The minimum atomic E-state index is -0.128. The van der Waals surface area contributed by atoms with E-state index in [2.05, 4.69) is 25.8 Å². The number of nitrogens with zero attached hydrogens (tertiary/aromatic N) is 4. The largest absolute Gasteiger partial charge is 0.452 e. The lowest BCUT2D eigenvalue weighted by atomic mass is 9.95. The molecule has 170 valence electrons. The van der Waals surface area contributed by atoms with Gasteiger partial charge in [-0.2, -0.15) is 0 Å². The third kappa shape index (κ3) is 3.82. The number of carbonyl (C=O) groups excluding carboxylic acids is 2. The van der Waals surface area contributed by atoms with Crippen LogP contribution >= 0.6 is 15.9 Å². The van der Waals surface area contributed by atoms with Gasteiger partial charge in [0.05, 0.1) is 5.56 Å². The van der Waals surface area contributed by atoms with Gasteiger partial charge in [-0.25, -0.2) is 4.98 Å². The molecule has 4 heterocycles. The van der Waals surface area contributed by atoms with Gasteiger partial charge < -0.3 is 19.1 Å². The fourth-order valence-electron chi connectivity index (χ4n) is 4.73. The van der Waals surface area contributed by atoms with Crippen LogP contribution in [0.3, 0.4) is 0 Å². The molecule has 0 spiro atoms. The first-order valence-electron chi connectivity index (χ1n) is 11.0. The van der Waals surface area contributed by atoms with Crippen LogP contribution in [0.5, 0.6) is 5.75 Å². The van der Waals surface area contributed by atoms with Gasteiger partial charge in [0.2, 0.25) is 11.7 Å². The van der Waals surface area contributed by atoms with Crippen molar-refractivity contribution in [3.63, 3.8) is 0 Å². The lowest BCUT2D eigenvalue weighted by molar-refractivity contribution is -0.133. The maximum atomic E-state index is 13.0. The van der Waals surface area contributed by atoms with E-state index in [-0.39, 0.29) is 17.6 Å². The van der Waals surface area contributed by atoms with Crippen molar-refractivity contribution in [1.82, 2.24) is 14.5 Å². The summed E-state index contributed by atoms with van der Waals surface area (Å²) in [5.74, 6) is 1.01. The van der Waals surface area contributed by atoms with Gasteiger partial charge >= 0.3 is 0 Å². The Morgan fingerprint density at radius 1 is 1.24 bits per heavy atom. The number of anilines is 1. The Morgan fingerprint density at radius 2 is 2.00 bits per heavy atom. The van der Waals surface area contributed by atoms with E-state index in [4.69, 9.17) is 4.74 Å². The first-order chi connectivity index (χ1) is 15.8. The number of aromatic nitrogens is 2. The molecule has 0 radical (unpaired) electrons. The number of rotatable bonds is 3. The summed E-state index contributed by atoms with van der Waals surface area (Å²) in [6.07, 6.45) is 7.24. The highest BCUT2D eigenvalue weighted by Crippen LogP contribution is 2.37. The molecular weight excluding hydrogens is 484 g/mol. The van der Waals surface area contributed by atoms with E-state index < -0.39 is 0 Å². The fourth-order valence-corrected chi connectivity index (χ4v) is 5.09. The molecule has 0 atom stereocenters. The zero-order chi connectivity index (χ0) is 23.3. The summed E-state index contributed by atoms with van der Waals surface area (Å²) in [6, 6.07) is 7.46. The normalized spacial score (nSPS) is 17.5. The first kappa shape index (κ1) is 21.7. The van der Waals surface area contributed by atoms with E-state index in [1.807, 2.05) is 56.3 Å². The highest BCUT2D eigenvalue weighted by molar-refractivity contribution is 9.10. The molecule has 0 bridgehead atoms. The third-order valence-corrected chi connectivity index (χ3v) is 6.90. The Morgan fingerprint density at radius 3 is 2.73 bits per heavy atom. The monoisotopic (exact) mass is 508 g/mol. The number of piperidine rings is 1. The fraction of sp³-hybridized carbons (Fsp3) is 0.320. The van der Waals surface area contributed by atoms with Crippen LogP contribution in [0.15, 0.2) is 46.9 Å². The van der Waals surface area contributed by atoms with Crippen LogP contribution in [-0.2, 0) is 11.8 Å². The number of hydrogen-bond donors (Lipinski definition) is 0. The average Bonchev–Trinajstić information content (AvgIpc) is 3.30. The van der Waals surface area contributed by atoms with Crippen LogP contribution in [-0.4, -0.2) is 53.3 Å². The van der Waals surface area contributed by atoms with Crippen molar-refractivity contribution < 1.29 is 14.3 Å². The molecule has 5 rings (SSSR count). The Balaban J connectivity index is 1.49. The summed E-state index contributed by atoms with van der Waals surface area (Å²) in [4.78, 5) is 33.9. The molecule has 1 aromatic carbocycles. The molecular formula is C25H25BrN4O3. The van der Waals surface area contributed by atoms with Crippen molar-refractivity contribution in [3.8, 4) is 5.75 Å². The third-order valence-electron chi connectivity index (χ3n) is 6.41. The number of Topliss-reactive ketones (excluding diaryl/α,β-unsaturated/α-hetero) is 1. The molecule has 1 amide bonds. The predicted molar refractivity (Wildman–Crippen MR) is 131 cm³/mol. The summed E-state index contributed by atoms with van der Waals surface area (Å²) in [7, 11) is 5.58. The molecule has 7 nitrogen and oxygen atoms in total. The Bertz CT molecular complexity index is 1300. The van der Waals surface area contributed by atoms with E-state index in [9.17, 15) is 9.59 Å². The molecule has 2 aliphatic rings. The van der Waals surface area contributed by atoms with Crippen molar-refractivity contribution in [2.45, 2.75) is 12.8 Å². The smallest absolute Gasteiger partial charge is 0.232 e. The Kier molecular flexibility index (Phi) is 5.48. The van der Waals surface area contributed by atoms with Crippen LogP contribution in [0.1, 0.15) is 28.8 Å². The lowest BCUT2D eigenvalue weighted by Gasteiger charge is -2.34. The van der Waals surface area contributed by atoms with E-state index in [0.29, 0.717) is 17.1 Å². The van der Waals surface area contributed by atoms with E-state index in [1.165, 1.54) is 0 Å². The molecule has 2 aromatic heterocycles. The minimum Gasteiger partial charge on any atom is -0.452 e. The van der Waals surface area contributed by atoms with Gasteiger partial charge in [0.25, 0.3) is 0 Å². The number of amides is 1. The molecule has 3 aromatic rings. The number of ketones is 1. The van der Waals surface area contributed by atoms with Crippen LogP contribution in [0, 0.1) is 5.92 Å². The number of aryl methyl sites for hydroxylation is 1. The molecule has 33 heavy (non-hydrogen) atoms. The van der Waals surface area contributed by atoms with Gasteiger partial charge in [-0.1, -0.05) is 15.9 Å². The second kappa shape index (κ2) is 8.33. The average molecular weight is 509 g/mol. The number of benzene rings is 1. The number of allylic oxidation sites excluding steroid dienone is 1. The van der Waals surface area contributed by atoms with Gasteiger partial charge in [-0.05, 0) is 43.2 Å². The van der Waals surface area contributed by atoms with E-state index in [1.54, 1.807) is 17.0 Å². The number of hydrogen-bond acceptors (Lipinski definition) is 5. The predicted octanol–water partition coefficient (Wildman–Crippen LogP) is 4.26. The zero-order valence-electron chi connectivity index (χ0n) is 18.8. The van der Waals surface area contributed by atoms with Crippen LogP contribution < -0.4 is 9.64 Å². The second-order valence-electron chi connectivity index (χ2n) is 8.80. The highest BCUT2D eigenvalue weighted by Gasteiger charge is 2.30. The number of ether oxygens (including phenoxy) is 1. The molecule has 1 saturated heterocycles. The second-order valence-corrected chi connectivity index (χ2v) is 9.71. The van der Waals surface area contributed by atoms with E-state index >= 15 is 0 Å². The molecule has 0 N–H and O–H groups in total. The number of fused-ring (bicyclic) bond motifs is 2. The molecule has 2 aliphatic heterocycles. The van der Waals surface area contributed by atoms with Gasteiger partial charge in [-0.15, -0.1) is 0 Å². The molecule has 0 aliphatic carbocycles. The molecule has 8 heteroatoms. The molecule has 0 saturated carbocycles. The topological polar surface area (TPSA) is 67.7 Å². The van der Waals surface area contributed by atoms with Crippen molar-refractivity contribution in [3.05, 3.63) is 58.0 Å². The van der Waals surface area contributed by atoms with Crippen LogP contribution in [0.25, 0.3) is 17.1 Å². The number of carbonyl (C=O) groups is 2. The van der Waals surface area contributed by atoms with Crippen LogP contribution in [0.2, 0.25) is 0 Å². The number of pyridine rings is 1. The maximum absolute atomic E-state index is 13.0. The number of halogens is 1. The summed E-state index contributed by atoms with van der Waals surface area (Å²) in [5.41, 5.74) is 3.35. The van der Waals surface area contributed by atoms with Gasteiger partial charge in [-0.3, -0.25) is 9.59 Å². The van der Waals surface area contributed by atoms with Crippen molar-refractivity contribution in [1.29, 1.82) is 0 Å². The summed E-state index contributed by atoms with van der Waals surface area (Å²) in [6.45, 7) is 1.59. The van der Waals surface area contributed by atoms with E-state index in [0.717, 1.165) is 52.7 Å². The standard InChI is InChI=1S/C25H25BrN4O3/c1-28(2)25(32)15-7-10-30(11-8-15)19-6-9-27-24-22(19)16(14-29(24)3)12-21-23(31)18-13-17(26)4-5-20(18)33-21/h4-6,9,12-15H,7-8,10-11H2,1-3H3. The summed E-state index contributed by atoms with van der Waals surface area (Å²) in [5, 5.41) is 0.985. The van der Waals surface area contributed by atoms with Crippen LogP contribution in [0.4, 0.5) is 5.69 Å². The SMILES string of the molecule is CN(C)C(=O)C1CCN(c2ccnc3c2c(C=C2Oc4ccc(Br)cc4C2=O)cn3C)CC1. The van der Waals surface area contributed by atoms with Gasteiger partial charge in [0, 0.05) is 73.7 Å². The molecule has 1 fully saturated rings. The quantitative estimate of drug-likeness (QED) is 0.494. The molecule has 0 unspecified atom stereocenters. The van der Waals surface area contributed by atoms with Crippen molar-refractivity contribution >= 4 is 50.4 Å². The lowest BCUT2D eigenvalue weighted by Crippen LogP contribution is -2.40. The van der Waals surface area contributed by atoms with Gasteiger partial charge in [0.1, 0.15) is 11.4 Å². The summed E-state index contributed by atoms with van der Waals surface area (Å²) >= 11 is 3.42. The highest BCUT2D eigenvalue weighted by atomic mass is 79.9. The summed E-state index contributed by atoms with van der Waals surface area (Å²) < 4.78 is 8.70. The first-order valence-corrected chi connectivity index (χ1v) is 11.8. The maximum Gasteiger partial charge on any atom is 0.232 e. The minimum absolute atomic E-state index is 0.0632. The Hall–Kier alpha value is -3.13. The van der Waals surface area contributed by atoms with Crippen molar-refractivity contribution in [2.75, 3.05) is 32.1 Å². The zero-order valence-corrected chi connectivity index (χ0v) is 20.4. The Labute approximate surface area is 200 Å². The van der Waals surface area contributed by atoms with Crippen molar-refractivity contribution in [2.24, 2.45) is 13.0 Å². The van der Waals surface area contributed by atoms with Gasteiger partial charge in [0.15, 0.2) is 5.76 Å².